The summed E-state index contributed by atoms with van der Waals surface area (Å²) in [6.07, 6.45) is 0.987. The Kier molecular flexibility index (Phi) is 6.02. The highest BCUT2D eigenvalue weighted by atomic mass is 32.2. The number of amides is 1. The van der Waals surface area contributed by atoms with Gasteiger partial charge in [0.15, 0.2) is 0 Å². The standard InChI is InChI=1S/C21H21N3OS/c1-3-16-6-10-18(11-7-16)22-20(25)14-26-21-13-12-19(23-24-21)17-8-4-15(2)5-9-17/h4-13H,3,14H2,1-2H3,(H,22,25). The fraction of sp³-hybridized carbons (Fsp3) is 0.190. The molecule has 2 aromatic carbocycles. The summed E-state index contributed by atoms with van der Waals surface area (Å²) in [5, 5.41) is 12.1. The number of aromatic nitrogens is 2. The topological polar surface area (TPSA) is 54.9 Å². The molecular weight excluding hydrogens is 342 g/mol. The predicted octanol–water partition coefficient (Wildman–Crippen LogP) is 4.75. The number of benzene rings is 2. The quantitative estimate of drug-likeness (QED) is 0.643. The molecule has 132 valence electrons. The van der Waals surface area contributed by atoms with E-state index in [0.717, 1.165) is 28.4 Å². The molecular formula is C21H21N3OS. The Morgan fingerprint density at radius 3 is 2.31 bits per heavy atom. The van der Waals surface area contributed by atoms with Crippen molar-refractivity contribution in [2.45, 2.75) is 25.3 Å². The largest absolute Gasteiger partial charge is 0.325 e. The van der Waals surface area contributed by atoms with Crippen molar-refractivity contribution < 1.29 is 4.79 Å². The SMILES string of the molecule is CCc1ccc(NC(=O)CSc2ccc(-c3ccc(C)cc3)nn2)cc1. The average molecular weight is 363 g/mol. The Balaban J connectivity index is 1.53. The molecule has 0 bridgehead atoms. The van der Waals surface area contributed by atoms with E-state index in [-0.39, 0.29) is 5.91 Å². The van der Waals surface area contributed by atoms with Crippen molar-refractivity contribution in [2.75, 3.05) is 11.1 Å². The summed E-state index contributed by atoms with van der Waals surface area (Å²) in [6, 6.07) is 19.9. The van der Waals surface area contributed by atoms with Crippen molar-refractivity contribution in [3.05, 3.63) is 71.8 Å². The van der Waals surface area contributed by atoms with Crippen LogP contribution < -0.4 is 5.32 Å². The van der Waals surface area contributed by atoms with E-state index < -0.39 is 0 Å². The number of hydrogen-bond donors (Lipinski definition) is 1. The van der Waals surface area contributed by atoms with Gasteiger partial charge in [-0.2, -0.15) is 0 Å². The highest BCUT2D eigenvalue weighted by Crippen LogP contribution is 2.20. The van der Waals surface area contributed by atoms with Crippen LogP contribution in [0.5, 0.6) is 0 Å². The first kappa shape index (κ1) is 18.1. The van der Waals surface area contributed by atoms with Gasteiger partial charge in [0.05, 0.1) is 11.4 Å². The number of nitrogens with zero attached hydrogens (tertiary/aromatic N) is 2. The van der Waals surface area contributed by atoms with Crippen LogP contribution >= 0.6 is 11.8 Å². The summed E-state index contributed by atoms with van der Waals surface area (Å²) in [5.41, 5.74) is 5.14. The van der Waals surface area contributed by atoms with Gasteiger partial charge in [0.2, 0.25) is 5.91 Å². The van der Waals surface area contributed by atoms with E-state index in [1.807, 2.05) is 48.5 Å². The number of thioether (sulfide) groups is 1. The van der Waals surface area contributed by atoms with Crippen molar-refractivity contribution in [3.8, 4) is 11.3 Å². The lowest BCUT2D eigenvalue weighted by molar-refractivity contribution is -0.113. The van der Waals surface area contributed by atoms with Crippen LogP contribution in [-0.4, -0.2) is 21.9 Å². The Morgan fingerprint density at radius 1 is 0.962 bits per heavy atom. The fourth-order valence-corrected chi connectivity index (χ4v) is 3.05. The van der Waals surface area contributed by atoms with Crippen molar-refractivity contribution in [2.24, 2.45) is 0 Å². The Hall–Kier alpha value is -2.66. The number of carbonyl (C=O) groups is 1. The maximum Gasteiger partial charge on any atom is 0.234 e. The summed E-state index contributed by atoms with van der Waals surface area (Å²) >= 11 is 1.38. The van der Waals surface area contributed by atoms with Gasteiger partial charge in [-0.1, -0.05) is 60.6 Å². The lowest BCUT2D eigenvalue weighted by Gasteiger charge is -2.06. The molecule has 3 rings (SSSR count). The zero-order valence-corrected chi connectivity index (χ0v) is 15.7. The Bertz CT molecular complexity index is 859. The molecule has 0 saturated heterocycles. The van der Waals surface area contributed by atoms with Gasteiger partial charge in [-0.25, -0.2) is 0 Å². The third-order valence-corrected chi connectivity index (χ3v) is 4.90. The maximum atomic E-state index is 12.1. The zero-order valence-electron chi connectivity index (χ0n) is 14.9. The van der Waals surface area contributed by atoms with Crippen molar-refractivity contribution in [3.63, 3.8) is 0 Å². The van der Waals surface area contributed by atoms with Crippen LogP contribution in [0.2, 0.25) is 0 Å². The van der Waals surface area contributed by atoms with E-state index in [4.69, 9.17) is 0 Å². The fourth-order valence-electron chi connectivity index (χ4n) is 2.44. The maximum absolute atomic E-state index is 12.1. The summed E-state index contributed by atoms with van der Waals surface area (Å²) in [5.74, 6) is 0.248. The van der Waals surface area contributed by atoms with Crippen molar-refractivity contribution in [1.82, 2.24) is 10.2 Å². The average Bonchev–Trinajstić information content (AvgIpc) is 2.68. The molecule has 26 heavy (non-hydrogen) atoms. The molecule has 5 heteroatoms. The molecule has 0 unspecified atom stereocenters. The predicted molar refractivity (Wildman–Crippen MR) is 107 cm³/mol. The number of carbonyl (C=O) groups excluding carboxylic acids is 1. The third kappa shape index (κ3) is 4.92. The first-order chi connectivity index (χ1) is 12.6. The smallest absolute Gasteiger partial charge is 0.234 e. The summed E-state index contributed by atoms with van der Waals surface area (Å²) in [6.45, 7) is 4.16. The number of nitrogens with one attached hydrogen (secondary N) is 1. The minimum absolute atomic E-state index is 0.0522. The highest BCUT2D eigenvalue weighted by molar-refractivity contribution is 7.99. The van der Waals surface area contributed by atoms with Crippen LogP contribution in [0.25, 0.3) is 11.3 Å². The third-order valence-electron chi connectivity index (χ3n) is 3.98. The van der Waals surface area contributed by atoms with Gasteiger partial charge in [0.25, 0.3) is 0 Å². The number of anilines is 1. The highest BCUT2D eigenvalue weighted by Gasteiger charge is 2.06. The second kappa shape index (κ2) is 8.63. The van der Waals surface area contributed by atoms with E-state index in [9.17, 15) is 4.79 Å². The van der Waals surface area contributed by atoms with E-state index in [2.05, 4.69) is 41.5 Å². The Morgan fingerprint density at radius 2 is 1.69 bits per heavy atom. The summed E-state index contributed by atoms with van der Waals surface area (Å²) < 4.78 is 0. The monoisotopic (exact) mass is 363 g/mol. The summed E-state index contributed by atoms with van der Waals surface area (Å²) in [4.78, 5) is 12.1. The molecule has 0 saturated carbocycles. The molecule has 1 amide bonds. The number of hydrogen-bond acceptors (Lipinski definition) is 4. The van der Waals surface area contributed by atoms with Gasteiger partial charge >= 0.3 is 0 Å². The normalized spacial score (nSPS) is 10.5. The van der Waals surface area contributed by atoms with Gasteiger partial charge in [0, 0.05) is 11.3 Å². The second-order valence-corrected chi connectivity index (χ2v) is 7.01. The van der Waals surface area contributed by atoms with Gasteiger partial charge in [-0.15, -0.1) is 10.2 Å². The van der Waals surface area contributed by atoms with Crippen LogP contribution in [0, 0.1) is 6.92 Å². The molecule has 0 atom stereocenters. The van der Waals surface area contributed by atoms with Gasteiger partial charge in [-0.05, 0) is 43.2 Å². The lowest BCUT2D eigenvalue weighted by atomic mass is 10.1. The molecule has 0 spiro atoms. The van der Waals surface area contributed by atoms with Crippen LogP contribution in [-0.2, 0) is 11.2 Å². The van der Waals surface area contributed by atoms with Crippen molar-refractivity contribution >= 4 is 23.4 Å². The van der Waals surface area contributed by atoms with E-state index in [1.165, 1.54) is 22.9 Å². The number of aryl methyl sites for hydroxylation is 2. The Labute approximate surface area is 158 Å². The minimum Gasteiger partial charge on any atom is -0.325 e. The van der Waals surface area contributed by atoms with Crippen LogP contribution in [0.1, 0.15) is 18.1 Å². The first-order valence-electron chi connectivity index (χ1n) is 8.56. The zero-order chi connectivity index (χ0) is 18.4. The summed E-state index contributed by atoms with van der Waals surface area (Å²) in [7, 11) is 0. The molecule has 0 radical (unpaired) electrons. The molecule has 0 fully saturated rings. The molecule has 0 aliphatic heterocycles. The van der Waals surface area contributed by atoms with Crippen LogP contribution in [0.4, 0.5) is 5.69 Å². The van der Waals surface area contributed by atoms with E-state index in [1.54, 1.807) is 0 Å². The molecule has 0 aliphatic carbocycles. The molecule has 1 heterocycles. The number of rotatable bonds is 6. The molecule has 0 aliphatic rings. The molecule has 4 nitrogen and oxygen atoms in total. The van der Waals surface area contributed by atoms with Crippen molar-refractivity contribution in [1.29, 1.82) is 0 Å². The van der Waals surface area contributed by atoms with Crippen LogP contribution in [0.15, 0.2) is 65.7 Å². The minimum atomic E-state index is -0.0522. The van der Waals surface area contributed by atoms with E-state index in [0.29, 0.717) is 5.75 Å². The first-order valence-corrected chi connectivity index (χ1v) is 9.55. The van der Waals surface area contributed by atoms with E-state index >= 15 is 0 Å². The van der Waals surface area contributed by atoms with Gasteiger partial charge in [-0.3, -0.25) is 4.79 Å². The lowest BCUT2D eigenvalue weighted by Crippen LogP contribution is -2.14. The van der Waals surface area contributed by atoms with Gasteiger partial charge in [0.1, 0.15) is 5.03 Å². The second-order valence-electron chi connectivity index (χ2n) is 6.01. The molecule has 1 aromatic heterocycles. The van der Waals surface area contributed by atoms with Crippen LogP contribution in [0.3, 0.4) is 0 Å². The molecule has 3 aromatic rings. The molecule has 1 N–H and O–H groups in total. The van der Waals surface area contributed by atoms with Gasteiger partial charge < -0.3 is 5.32 Å².